The lowest BCUT2D eigenvalue weighted by Crippen LogP contribution is -2.31. The molecule has 3 aliphatic rings. The first kappa shape index (κ1) is 12.5. The van der Waals surface area contributed by atoms with Crippen molar-refractivity contribution in [3.8, 4) is 11.5 Å². The molecule has 1 aliphatic carbocycles. The maximum absolute atomic E-state index is 5.76. The molecule has 20 heavy (non-hydrogen) atoms. The minimum atomic E-state index is 0.512. The van der Waals surface area contributed by atoms with Gasteiger partial charge in [-0.15, -0.1) is 0 Å². The van der Waals surface area contributed by atoms with Crippen LogP contribution in [0.15, 0.2) is 12.1 Å². The Kier molecular flexibility index (Phi) is 3.31. The standard InChI is InChI=1S/C17H23NO2/c1-2-4-12(3-1)9-15-14-11-17-16(19-7-8-20-17)10-13(14)5-6-18-15/h10-12,15,18H,1-9H2. The second-order valence-electron chi connectivity index (χ2n) is 6.34. The van der Waals surface area contributed by atoms with Gasteiger partial charge in [0.05, 0.1) is 0 Å². The quantitative estimate of drug-likeness (QED) is 0.897. The molecule has 3 nitrogen and oxygen atoms in total. The first-order valence-electron chi connectivity index (χ1n) is 8.06. The summed E-state index contributed by atoms with van der Waals surface area (Å²) in [6, 6.07) is 4.96. The van der Waals surface area contributed by atoms with Gasteiger partial charge < -0.3 is 14.8 Å². The van der Waals surface area contributed by atoms with E-state index >= 15 is 0 Å². The lowest BCUT2D eigenvalue weighted by atomic mass is 9.87. The summed E-state index contributed by atoms with van der Waals surface area (Å²) in [5.74, 6) is 2.79. The van der Waals surface area contributed by atoms with Crippen LogP contribution < -0.4 is 14.8 Å². The molecule has 0 aromatic heterocycles. The van der Waals surface area contributed by atoms with E-state index in [-0.39, 0.29) is 0 Å². The first-order valence-corrected chi connectivity index (χ1v) is 8.06. The number of benzene rings is 1. The van der Waals surface area contributed by atoms with E-state index in [1.165, 1.54) is 43.2 Å². The van der Waals surface area contributed by atoms with Crippen LogP contribution in [0.3, 0.4) is 0 Å². The highest BCUT2D eigenvalue weighted by atomic mass is 16.6. The number of fused-ring (bicyclic) bond motifs is 2. The second kappa shape index (κ2) is 5.28. The molecular weight excluding hydrogens is 250 g/mol. The molecule has 108 valence electrons. The van der Waals surface area contributed by atoms with Crippen LogP contribution in [0.4, 0.5) is 0 Å². The van der Waals surface area contributed by atoms with Gasteiger partial charge in [-0.2, -0.15) is 0 Å². The third-order valence-electron chi connectivity index (χ3n) is 5.01. The molecule has 1 saturated carbocycles. The van der Waals surface area contributed by atoms with Crippen molar-refractivity contribution < 1.29 is 9.47 Å². The molecule has 4 rings (SSSR count). The Morgan fingerprint density at radius 2 is 1.80 bits per heavy atom. The monoisotopic (exact) mass is 273 g/mol. The Labute approximate surface area is 120 Å². The predicted molar refractivity (Wildman–Crippen MR) is 78.5 cm³/mol. The summed E-state index contributed by atoms with van der Waals surface area (Å²) in [5, 5.41) is 3.71. The van der Waals surface area contributed by atoms with Crippen molar-refractivity contribution in [3.05, 3.63) is 23.3 Å². The molecule has 0 radical (unpaired) electrons. The summed E-state index contributed by atoms with van der Waals surface area (Å²) in [6.07, 6.45) is 8.06. The minimum absolute atomic E-state index is 0.512. The van der Waals surface area contributed by atoms with E-state index in [0.717, 1.165) is 30.4 Å². The molecule has 1 aromatic carbocycles. The van der Waals surface area contributed by atoms with Gasteiger partial charge in [-0.3, -0.25) is 0 Å². The number of hydrogen-bond donors (Lipinski definition) is 1. The molecule has 2 heterocycles. The Morgan fingerprint density at radius 3 is 2.60 bits per heavy atom. The zero-order valence-electron chi connectivity index (χ0n) is 12.0. The minimum Gasteiger partial charge on any atom is -0.486 e. The molecule has 1 N–H and O–H groups in total. The van der Waals surface area contributed by atoms with Crippen molar-refractivity contribution in [2.24, 2.45) is 5.92 Å². The highest BCUT2D eigenvalue weighted by molar-refractivity contribution is 5.50. The van der Waals surface area contributed by atoms with E-state index in [2.05, 4.69) is 17.4 Å². The normalized spacial score (nSPS) is 25.5. The molecule has 1 unspecified atom stereocenters. The molecule has 1 atom stereocenters. The molecule has 0 bridgehead atoms. The molecule has 0 amide bonds. The highest BCUT2D eigenvalue weighted by Crippen LogP contribution is 2.40. The van der Waals surface area contributed by atoms with Crippen LogP contribution in [-0.4, -0.2) is 19.8 Å². The van der Waals surface area contributed by atoms with E-state index in [4.69, 9.17) is 9.47 Å². The van der Waals surface area contributed by atoms with Crippen LogP contribution in [-0.2, 0) is 6.42 Å². The molecule has 0 saturated heterocycles. The van der Waals surface area contributed by atoms with E-state index in [0.29, 0.717) is 19.3 Å². The van der Waals surface area contributed by atoms with Gasteiger partial charge in [0.15, 0.2) is 11.5 Å². The third kappa shape index (κ3) is 2.28. The van der Waals surface area contributed by atoms with Crippen LogP contribution in [0.25, 0.3) is 0 Å². The molecule has 1 aromatic rings. The second-order valence-corrected chi connectivity index (χ2v) is 6.34. The van der Waals surface area contributed by atoms with E-state index in [1.807, 2.05) is 0 Å². The van der Waals surface area contributed by atoms with E-state index < -0.39 is 0 Å². The number of nitrogens with one attached hydrogen (secondary N) is 1. The zero-order valence-corrected chi connectivity index (χ0v) is 12.0. The summed E-state index contributed by atoms with van der Waals surface area (Å²) < 4.78 is 11.5. The smallest absolute Gasteiger partial charge is 0.161 e. The topological polar surface area (TPSA) is 30.5 Å². The zero-order chi connectivity index (χ0) is 13.4. The number of hydrogen-bond acceptors (Lipinski definition) is 3. The van der Waals surface area contributed by atoms with Crippen molar-refractivity contribution in [2.75, 3.05) is 19.8 Å². The van der Waals surface area contributed by atoms with Crippen LogP contribution in [0.5, 0.6) is 11.5 Å². The van der Waals surface area contributed by atoms with Gasteiger partial charge in [0.2, 0.25) is 0 Å². The summed E-state index contributed by atoms with van der Waals surface area (Å²) in [7, 11) is 0. The van der Waals surface area contributed by atoms with E-state index in [1.54, 1.807) is 0 Å². The average molecular weight is 273 g/mol. The summed E-state index contributed by atoms with van der Waals surface area (Å²) in [6.45, 7) is 2.44. The van der Waals surface area contributed by atoms with Gasteiger partial charge in [0, 0.05) is 6.04 Å². The first-order chi connectivity index (χ1) is 9.90. The van der Waals surface area contributed by atoms with Crippen molar-refractivity contribution in [1.82, 2.24) is 5.32 Å². The van der Waals surface area contributed by atoms with Crippen molar-refractivity contribution in [1.29, 1.82) is 0 Å². The van der Waals surface area contributed by atoms with Gasteiger partial charge >= 0.3 is 0 Å². The van der Waals surface area contributed by atoms with Crippen molar-refractivity contribution in [2.45, 2.75) is 44.6 Å². The van der Waals surface area contributed by atoms with Gasteiger partial charge in [-0.25, -0.2) is 0 Å². The lowest BCUT2D eigenvalue weighted by Gasteiger charge is -2.31. The van der Waals surface area contributed by atoms with Crippen LogP contribution >= 0.6 is 0 Å². The van der Waals surface area contributed by atoms with Crippen LogP contribution in [0.1, 0.15) is 49.3 Å². The van der Waals surface area contributed by atoms with E-state index in [9.17, 15) is 0 Å². The average Bonchev–Trinajstić information content (AvgIpc) is 2.99. The summed E-state index contributed by atoms with van der Waals surface area (Å²) >= 11 is 0. The summed E-state index contributed by atoms with van der Waals surface area (Å²) in [4.78, 5) is 0. The Hall–Kier alpha value is -1.22. The third-order valence-corrected chi connectivity index (χ3v) is 5.01. The van der Waals surface area contributed by atoms with Gasteiger partial charge in [0.1, 0.15) is 13.2 Å². The van der Waals surface area contributed by atoms with Crippen LogP contribution in [0, 0.1) is 5.92 Å². The molecule has 3 heteroatoms. The molecular formula is C17H23NO2. The van der Waals surface area contributed by atoms with Gasteiger partial charge in [0.25, 0.3) is 0 Å². The molecule has 0 spiro atoms. The maximum atomic E-state index is 5.76. The molecule has 2 aliphatic heterocycles. The fourth-order valence-corrected chi connectivity index (χ4v) is 3.97. The van der Waals surface area contributed by atoms with Crippen LogP contribution in [0.2, 0.25) is 0 Å². The SMILES string of the molecule is c1c2c(cc3c1OCCO3)C(CC1CCCC1)NCC2. The van der Waals surface area contributed by atoms with Gasteiger partial charge in [-0.05, 0) is 48.6 Å². The highest BCUT2D eigenvalue weighted by Gasteiger charge is 2.27. The Bertz CT molecular complexity index is 494. The maximum Gasteiger partial charge on any atom is 0.161 e. The fourth-order valence-electron chi connectivity index (χ4n) is 3.97. The lowest BCUT2D eigenvalue weighted by molar-refractivity contribution is 0.170. The fraction of sp³-hybridized carbons (Fsp3) is 0.647. The molecule has 1 fully saturated rings. The Morgan fingerprint density at radius 1 is 1.05 bits per heavy atom. The predicted octanol–water partition coefficient (Wildman–Crippen LogP) is 3.22. The van der Waals surface area contributed by atoms with Gasteiger partial charge in [-0.1, -0.05) is 25.7 Å². The number of rotatable bonds is 2. The van der Waals surface area contributed by atoms with Crippen molar-refractivity contribution >= 4 is 0 Å². The number of ether oxygens (including phenoxy) is 2. The Balaban J connectivity index is 1.61. The van der Waals surface area contributed by atoms with Crippen molar-refractivity contribution in [3.63, 3.8) is 0 Å². The largest absolute Gasteiger partial charge is 0.486 e. The summed E-state index contributed by atoms with van der Waals surface area (Å²) in [5.41, 5.74) is 2.91.